The third-order valence-corrected chi connectivity index (χ3v) is 2.17. The molecular formula is C16H18O6. The number of carbonyl (C=O) groups excluding carboxylic acids is 3. The number of esters is 3. The second kappa shape index (κ2) is 11.9. The normalized spacial score (nSPS) is 9.77. The lowest BCUT2D eigenvalue weighted by atomic mass is 10.2. The van der Waals surface area contributed by atoms with E-state index in [0.29, 0.717) is 0 Å². The fourth-order valence-corrected chi connectivity index (χ4v) is 1.07. The van der Waals surface area contributed by atoms with Crippen LogP contribution < -0.4 is 0 Å². The summed E-state index contributed by atoms with van der Waals surface area (Å²) in [6, 6.07) is 9.59. The van der Waals surface area contributed by atoms with Crippen molar-refractivity contribution in [3.05, 3.63) is 54.1 Å². The van der Waals surface area contributed by atoms with Gasteiger partial charge in [0.2, 0.25) is 0 Å². The highest BCUT2D eigenvalue weighted by atomic mass is 16.5. The summed E-state index contributed by atoms with van der Waals surface area (Å²) in [6.07, 6.45) is 5.10. The lowest BCUT2D eigenvalue weighted by Gasteiger charge is -1.91. The Hall–Kier alpha value is -2.89. The van der Waals surface area contributed by atoms with Crippen molar-refractivity contribution in [2.75, 3.05) is 21.3 Å². The van der Waals surface area contributed by atoms with Crippen LogP contribution >= 0.6 is 0 Å². The Bertz CT molecular complexity index is 513. The molecule has 1 aromatic carbocycles. The molecule has 6 heteroatoms. The monoisotopic (exact) mass is 306 g/mol. The van der Waals surface area contributed by atoms with E-state index in [1.807, 2.05) is 30.3 Å². The van der Waals surface area contributed by atoms with Crippen molar-refractivity contribution in [2.45, 2.75) is 0 Å². The quantitative estimate of drug-likeness (QED) is 0.479. The number of carbonyl (C=O) groups is 3. The highest BCUT2D eigenvalue weighted by molar-refractivity contribution is 5.91. The van der Waals surface area contributed by atoms with Crippen LogP contribution in [-0.2, 0) is 28.6 Å². The molecule has 0 aliphatic heterocycles. The molecule has 0 unspecified atom stereocenters. The highest BCUT2D eigenvalue weighted by Gasteiger charge is 1.94. The summed E-state index contributed by atoms with van der Waals surface area (Å²) in [7, 11) is 3.81. The van der Waals surface area contributed by atoms with Crippen LogP contribution in [0, 0.1) is 0 Å². The smallest absolute Gasteiger partial charge is 0.330 e. The number of hydrogen-bond donors (Lipinski definition) is 0. The van der Waals surface area contributed by atoms with Gasteiger partial charge in [0.15, 0.2) is 0 Å². The molecule has 118 valence electrons. The van der Waals surface area contributed by atoms with Crippen LogP contribution in [-0.4, -0.2) is 39.2 Å². The van der Waals surface area contributed by atoms with Gasteiger partial charge >= 0.3 is 17.9 Å². The lowest BCUT2D eigenvalue weighted by Crippen LogP contribution is -1.98. The minimum Gasteiger partial charge on any atom is -0.466 e. The molecule has 22 heavy (non-hydrogen) atoms. The third kappa shape index (κ3) is 9.96. The van der Waals surface area contributed by atoms with Crippen LogP contribution in [0.3, 0.4) is 0 Å². The standard InChI is InChI=1S/C10H10O2.C6H8O4/c1-12-10(11)8-7-9-5-3-2-4-6-9;1-9-5(7)3-4-6(8)10-2/h2-8H,1H3;3-4H,1-2H3. The number of benzene rings is 1. The zero-order valence-corrected chi connectivity index (χ0v) is 12.6. The zero-order chi connectivity index (χ0) is 16.8. The van der Waals surface area contributed by atoms with Crippen LogP contribution in [0.5, 0.6) is 0 Å². The fourth-order valence-electron chi connectivity index (χ4n) is 1.07. The molecule has 0 bridgehead atoms. The molecule has 0 aliphatic rings. The fraction of sp³-hybridized carbons (Fsp3) is 0.188. The molecule has 0 atom stereocenters. The van der Waals surface area contributed by atoms with Crippen LogP contribution in [0.1, 0.15) is 5.56 Å². The van der Waals surface area contributed by atoms with Gasteiger partial charge in [-0.25, -0.2) is 14.4 Å². The van der Waals surface area contributed by atoms with Crippen molar-refractivity contribution < 1.29 is 28.6 Å². The predicted molar refractivity (Wildman–Crippen MR) is 80.7 cm³/mol. The van der Waals surface area contributed by atoms with E-state index in [9.17, 15) is 14.4 Å². The first-order chi connectivity index (χ1) is 10.5. The molecular weight excluding hydrogens is 288 g/mol. The van der Waals surface area contributed by atoms with Crippen LogP contribution in [0.25, 0.3) is 6.08 Å². The number of hydrogen-bond acceptors (Lipinski definition) is 6. The molecule has 1 rings (SSSR count). The Balaban J connectivity index is 0.000000409. The summed E-state index contributed by atoms with van der Waals surface area (Å²) in [5.41, 5.74) is 0.989. The topological polar surface area (TPSA) is 78.9 Å². The minimum absolute atomic E-state index is 0.334. The van der Waals surface area contributed by atoms with E-state index in [2.05, 4.69) is 14.2 Å². The Morgan fingerprint density at radius 1 is 0.727 bits per heavy atom. The molecule has 0 saturated carbocycles. The molecule has 0 fully saturated rings. The average Bonchev–Trinajstić information content (AvgIpc) is 2.58. The van der Waals surface area contributed by atoms with Gasteiger partial charge in [0.1, 0.15) is 0 Å². The van der Waals surface area contributed by atoms with E-state index >= 15 is 0 Å². The van der Waals surface area contributed by atoms with E-state index in [0.717, 1.165) is 17.7 Å². The van der Waals surface area contributed by atoms with Gasteiger partial charge in [-0.3, -0.25) is 0 Å². The lowest BCUT2D eigenvalue weighted by molar-refractivity contribution is -0.137. The summed E-state index contributed by atoms with van der Waals surface area (Å²) in [5, 5.41) is 0. The van der Waals surface area contributed by atoms with E-state index in [1.54, 1.807) is 6.08 Å². The first kappa shape index (κ1) is 19.1. The molecule has 0 heterocycles. The van der Waals surface area contributed by atoms with Gasteiger partial charge in [-0.05, 0) is 11.6 Å². The first-order valence-corrected chi connectivity index (χ1v) is 6.18. The SMILES string of the molecule is COC(=O)C=CC(=O)OC.COC(=O)C=Cc1ccccc1. The Morgan fingerprint density at radius 3 is 1.55 bits per heavy atom. The molecule has 0 aromatic heterocycles. The van der Waals surface area contributed by atoms with Crippen molar-refractivity contribution in [1.29, 1.82) is 0 Å². The molecule has 1 aromatic rings. The van der Waals surface area contributed by atoms with Gasteiger partial charge in [0.05, 0.1) is 21.3 Å². The van der Waals surface area contributed by atoms with E-state index < -0.39 is 11.9 Å². The zero-order valence-electron chi connectivity index (χ0n) is 12.6. The Morgan fingerprint density at radius 2 is 1.14 bits per heavy atom. The van der Waals surface area contributed by atoms with Crippen LogP contribution in [0.4, 0.5) is 0 Å². The summed E-state index contributed by atoms with van der Waals surface area (Å²) in [4.78, 5) is 31.3. The predicted octanol–water partition coefficient (Wildman–Crippen LogP) is 1.76. The van der Waals surface area contributed by atoms with Crippen molar-refractivity contribution in [1.82, 2.24) is 0 Å². The number of rotatable bonds is 4. The van der Waals surface area contributed by atoms with Crippen molar-refractivity contribution in [2.24, 2.45) is 0 Å². The molecule has 0 amide bonds. The van der Waals surface area contributed by atoms with Crippen molar-refractivity contribution >= 4 is 24.0 Å². The maximum atomic E-state index is 10.7. The largest absolute Gasteiger partial charge is 0.466 e. The second-order valence-corrected chi connectivity index (χ2v) is 3.65. The maximum Gasteiger partial charge on any atom is 0.330 e. The first-order valence-electron chi connectivity index (χ1n) is 6.18. The molecule has 6 nitrogen and oxygen atoms in total. The molecule has 0 radical (unpaired) electrons. The van der Waals surface area contributed by atoms with E-state index in [1.165, 1.54) is 27.4 Å². The summed E-state index contributed by atoms with van der Waals surface area (Å²) >= 11 is 0. The third-order valence-electron chi connectivity index (χ3n) is 2.17. The van der Waals surface area contributed by atoms with Gasteiger partial charge in [-0.15, -0.1) is 0 Å². The van der Waals surface area contributed by atoms with Crippen LogP contribution in [0.2, 0.25) is 0 Å². The molecule has 0 saturated heterocycles. The van der Waals surface area contributed by atoms with Gasteiger partial charge in [-0.1, -0.05) is 30.3 Å². The summed E-state index contributed by atoms with van der Waals surface area (Å²) in [5.74, 6) is -1.49. The minimum atomic E-state index is -0.578. The van der Waals surface area contributed by atoms with Gasteiger partial charge < -0.3 is 14.2 Å². The Labute approximate surface area is 129 Å². The van der Waals surface area contributed by atoms with Crippen molar-refractivity contribution in [3.8, 4) is 0 Å². The average molecular weight is 306 g/mol. The molecule has 0 aliphatic carbocycles. The van der Waals surface area contributed by atoms with E-state index in [4.69, 9.17) is 0 Å². The highest BCUT2D eigenvalue weighted by Crippen LogP contribution is 2.00. The maximum absolute atomic E-state index is 10.7. The molecule has 0 spiro atoms. The van der Waals surface area contributed by atoms with Gasteiger partial charge in [0, 0.05) is 18.2 Å². The molecule has 0 N–H and O–H groups in total. The summed E-state index contributed by atoms with van der Waals surface area (Å²) < 4.78 is 12.9. The van der Waals surface area contributed by atoms with Crippen molar-refractivity contribution in [3.63, 3.8) is 0 Å². The van der Waals surface area contributed by atoms with Gasteiger partial charge in [-0.2, -0.15) is 0 Å². The summed E-state index contributed by atoms with van der Waals surface area (Å²) in [6.45, 7) is 0. The van der Waals surface area contributed by atoms with Gasteiger partial charge in [0.25, 0.3) is 0 Å². The number of ether oxygens (including phenoxy) is 3. The van der Waals surface area contributed by atoms with Crippen LogP contribution in [0.15, 0.2) is 48.6 Å². The van der Waals surface area contributed by atoms with E-state index in [-0.39, 0.29) is 5.97 Å². The second-order valence-electron chi connectivity index (χ2n) is 3.65. The Kier molecular flexibility index (Phi) is 10.3. The number of methoxy groups -OCH3 is 3.